The van der Waals surface area contributed by atoms with Crippen molar-refractivity contribution >= 4 is 23.3 Å². The minimum atomic E-state index is -0.298. The van der Waals surface area contributed by atoms with Gasteiger partial charge < -0.3 is 15.5 Å². The fourth-order valence-corrected chi connectivity index (χ4v) is 2.49. The molecule has 0 radical (unpaired) electrons. The molecule has 27 heavy (non-hydrogen) atoms. The van der Waals surface area contributed by atoms with Gasteiger partial charge in [-0.1, -0.05) is 12.1 Å². The summed E-state index contributed by atoms with van der Waals surface area (Å²) in [6.07, 6.45) is 0.874. The molecule has 0 aliphatic heterocycles. The summed E-state index contributed by atoms with van der Waals surface area (Å²) in [4.78, 5) is 37.9. The highest BCUT2D eigenvalue weighted by molar-refractivity contribution is 6.05. The molecule has 0 saturated heterocycles. The molecule has 0 aliphatic rings. The molecular formula is C21H25N3O3. The number of nitrogens with zero attached hydrogens (tertiary/aromatic N) is 1. The standard InChI is InChI=1S/C21H25N3O3/c1-15(25)18-6-4-7-19(14-18)23-21(27)17-10-8-16(9-11-17)20(26)22-12-5-13-24(2)3/h4,6-11,14H,5,12-13H2,1-3H3,(H,22,26)(H,23,27). The number of anilines is 1. The Morgan fingerprint density at radius 2 is 1.52 bits per heavy atom. The molecule has 0 unspecified atom stereocenters. The molecule has 2 amide bonds. The number of benzene rings is 2. The van der Waals surface area contributed by atoms with Crippen molar-refractivity contribution < 1.29 is 14.4 Å². The van der Waals surface area contributed by atoms with Crippen molar-refractivity contribution in [2.75, 3.05) is 32.5 Å². The first kappa shape index (κ1) is 20.3. The zero-order valence-electron chi connectivity index (χ0n) is 15.9. The molecule has 0 aromatic heterocycles. The number of hydrogen-bond donors (Lipinski definition) is 2. The Morgan fingerprint density at radius 3 is 2.11 bits per heavy atom. The van der Waals surface area contributed by atoms with Gasteiger partial charge in [0.2, 0.25) is 0 Å². The summed E-state index contributed by atoms with van der Waals surface area (Å²) in [5, 5.41) is 5.62. The highest BCUT2D eigenvalue weighted by Crippen LogP contribution is 2.13. The predicted octanol–water partition coefficient (Wildman–Crippen LogP) is 2.82. The lowest BCUT2D eigenvalue weighted by Gasteiger charge is -2.10. The van der Waals surface area contributed by atoms with E-state index in [1.54, 1.807) is 48.5 Å². The molecule has 0 bridgehead atoms. The first-order valence-corrected chi connectivity index (χ1v) is 8.82. The number of nitrogens with one attached hydrogen (secondary N) is 2. The molecule has 0 fully saturated rings. The topological polar surface area (TPSA) is 78.5 Å². The fraction of sp³-hybridized carbons (Fsp3) is 0.286. The van der Waals surface area contributed by atoms with E-state index in [9.17, 15) is 14.4 Å². The van der Waals surface area contributed by atoms with Crippen LogP contribution in [0.4, 0.5) is 5.69 Å². The second-order valence-electron chi connectivity index (χ2n) is 6.58. The van der Waals surface area contributed by atoms with Crippen LogP contribution in [0.25, 0.3) is 0 Å². The number of rotatable bonds is 8. The average Bonchev–Trinajstić information content (AvgIpc) is 2.65. The van der Waals surface area contributed by atoms with E-state index in [2.05, 4.69) is 15.5 Å². The molecule has 2 rings (SSSR count). The lowest BCUT2D eigenvalue weighted by atomic mass is 10.1. The van der Waals surface area contributed by atoms with E-state index in [4.69, 9.17) is 0 Å². The third kappa shape index (κ3) is 6.34. The molecular weight excluding hydrogens is 342 g/mol. The molecule has 6 nitrogen and oxygen atoms in total. The third-order valence-electron chi connectivity index (χ3n) is 4.00. The van der Waals surface area contributed by atoms with Crippen molar-refractivity contribution in [3.8, 4) is 0 Å². The van der Waals surface area contributed by atoms with E-state index < -0.39 is 0 Å². The number of Topliss-reactive ketones (excluding diaryl/α,β-unsaturated/α-hetero) is 1. The first-order chi connectivity index (χ1) is 12.9. The normalized spacial score (nSPS) is 10.5. The van der Waals surface area contributed by atoms with E-state index >= 15 is 0 Å². The average molecular weight is 367 g/mol. The zero-order chi connectivity index (χ0) is 19.8. The summed E-state index contributed by atoms with van der Waals surface area (Å²) in [6.45, 7) is 2.99. The van der Waals surface area contributed by atoms with Gasteiger partial charge in [-0.15, -0.1) is 0 Å². The molecule has 0 aliphatic carbocycles. The Hall–Kier alpha value is -2.99. The molecule has 6 heteroatoms. The Labute approximate surface area is 159 Å². The summed E-state index contributed by atoms with van der Waals surface area (Å²) < 4.78 is 0. The third-order valence-corrected chi connectivity index (χ3v) is 4.00. The molecule has 2 aromatic carbocycles. The van der Waals surface area contributed by atoms with Crippen molar-refractivity contribution in [2.24, 2.45) is 0 Å². The van der Waals surface area contributed by atoms with Crippen molar-refractivity contribution in [3.63, 3.8) is 0 Å². The maximum atomic E-state index is 12.3. The Kier molecular flexibility index (Phi) is 7.25. The van der Waals surface area contributed by atoms with E-state index in [1.165, 1.54) is 6.92 Å². The minimum absolute atomic E-state index is 0.0629. The van der Waals surface area contributed by atoms with Gasteiger partial charge in [0.15, 0.2) is 5.78 Å². The zero-order valence-corrected chi connectivity index (χ0v) is 15.9. The van der Waals surface area contributed by atoms with Crippen LogP contribution in [0.15, 0.2) is 48.5 Å². The lowest BCUT2D eigenvalue weighted by molar-refractivity contribution is 0.0949. The van der Waals surface area contributed by atoms with Crippen LogP contribution in [0.2, 0.25) is 0 Å². The van der Waals surface area contributed by atoms with Crippen LogP contribution in [0.5, 0.6) is 0 Å². The molecule has 0 spiro atoms. The van der Waals surface area contributed by atoms with Crippen LogP contribution >= 0.6 is 0 Å². The minimum Gasteiger partial charge on any atom is -0.352 e. The van der Waals surface area contributed by atoms with Gasteiger partial charge in [0.25, 0.3) is 11.8 Å². The van der Waals surface area contributed by atoms with Gasteiger partial charge in [-0.3, -0.25) is 14.4 Å². The maximum absolute atomic E-state index is 12.3. The fourth-order valence-electron chi connectivity index (χ4n) is 2.49. The van der Waals surface area contributed by atoms with Crippen LogP contribution < -0.4 is 10.6 Å². The van der Waals surface area contributed by atoms with E-state index in [0.29, 0.717) is 28.9 Å². The van der Waals surface area contributed by atoms with Crippen LogP contribution in [0.1, 0.15) is 44.4 Å². The summed E-state index contributed by atoms with van der Waals surface area (Å²) in [6, 6.07) is 13.2. The maximum Gasteiger partial charge on any atom is 0.255 e. The number of ketones is 1. The molecule has 2 N–H and O–H groups in total. The van der Waals surface area contributed by atoms with Gasteiger partial charge in [0, 0.05) is 28.9 Å². The second-order valence-corrected chi connectivity index (χ2v) is 6.58. The predicted molar refractivity (Wildman–Crippen MR) is 106 cm³/mol. The smallest absolute Gasteiger partial charge is 0.255 e. The molecule has 142 valence electrons. The van der Waals surface area contributed by atoms with Crippen LogP contribution in [-0.4, -0.2) is 49.7 Å². The van der Waals surface area contributed by atoms with Gasteiger partial charge in [-0.2, -0.15) is 0 Å². The summed E-state index contributed by atoms with van der Waals surface area (Å²) in [5.74, 6) is -0.518. The number of amides is 2. The Morgan fingerprint density at radius 1 is 0.889 bits per heavy atom. The Bertz CT molecular complexity index is 814. The highest BCUT2D eigenvalue weighted by Gasteiger charge is 2.10. The molecule has 2 aromatic rings. The monoisotopic (exact) mass is 367 g/mol. The van der Waals surface area contributed by atoms with E-state index in [1.807, 2.05) is 14.1 Å². The summed E-state index contributed by atoms with van der Waals surface area (Å²) in [7, 11) is 3.98. The quantitative estimate of drug-likeness (QED) is 0.555. The van der Waals surface area contributed by atoms with Gasteiger partial charge >= 0.3 is 0 Å². The number of carbonyl (C=O) groups excluding carboxylic acids is 3. The molecule has 0 saturated carbocycles. The number of carbonyl (C=O) groups is 3. The van der Waals surface area contributed by atoms with Crippen LogP contribution in [0, 0.1) is 0 Å². The van der Waals surface area contributed by atoms with Gasteiger partial charge in [-0.05, 0) is 70.4 Å². The van der Waals surface area contributed by atoms with Gasteiger partial charge in [-0.25, -0.2) is 0 Å². The summed E-state index contributed by atoms with van der Waals surface area (Å²) >= 11 is 0. The van der Waals surface area contributed by atoms with E-state index in [-0.39, 0.29) is 17.6 Å². The highest BCUT2D eigenvalue weighted by atomic mass is 16.2. The number of hydrogen-bond acceptors (Lipinski definition) is 4. The van der Waals surface area contributed by atoms with Crippen molar-refractivity contribution in [2.45, 2.75) is 13.3 Å². The van der Waals surface area contributed by atoms with Crippen LogP contribution in [0.3, 0.4) is 0 Å². The van der Waals surface area contributed by atoms with Crippen molar-refractivity contribution in [3.05, 3.63) is 65.2 Å². The van der Waals surface area contributed by atoms with Gasteiger partial charge in [0.1, 0.15) is 0 Å². The summed E-state index contributed by atoms with van der Waals surface area (Å²) in [5.41, 5.74) is 2.03. The van der Waals surface area contributed by atoms with Crippen molar-refractivity contribution in [1.29, 1.82) is 0 Å². The molecule has 0 heterocycles. The van der Waals surface area contributed by atoms with E-state index in [0.717, 1.165) is 13.0 Å². The van der Waals surface area contributed by atoms with Crippen molar-refractivity contribution in [1.82, 2.24) is 10.2 Å². The second kappa shape index (κ2) is 9.64. The SMILES string of the molecule is CC(=O)c1cccc(NC(=O)c2ccc(C(=O)NCCCN(C)C)cc2)c1. The Balaban J connectivity index is 1.94. The van der Waals surface area contributed by atoms with Crippen LogP contribution in [-0.2, 0) is 0 Å². The van der Waals surface area contributed by atoms with Gasteiger partial charge in [0.05, 0.1) is 0 Å². The lowest BCUT2D eigenvalue weighted by Crippen LogP contribution is -2.27. The largest absolute Gasteiger partial charge is 0.352 e. The first-order valence-electron chi connectivity index (χ1n) is 8.82. The molecule has 0 atom stereocenters.